The van der Waals surface area contributed by atoms with Crippen molar-refractivity contribution in [1.82, 2.24) is 0 Å². The predicted molar refractivity (Wildman–Crippen MR) is 59.1 cm³/mol. The third-order valence-corrected chi connectivity index (χ3v) is 2.41. The molecule has 0 aromatic heterocycles. The number of hydrogen-bond donors (Lipinski definition) is 2. The molecule has 1 aromatic rings. The summed E-state index contributed by atoms with van der Waals surface area (Å²) in [5, 5.41) is 18.6. The van der Waals surface area contributed by atoms with Crippen LogP contribution in [0.3, 0.4) is 0 Å². The molecule has 0 radical (unpaired) electrons. The lowest BCUT2D eigenvalue weighted by Crippen LogP contribution is -2.04. The Morgan fingerprint density at radius 2 is 2.00 bits per heavy atom. The maximum absolute atomic E-state index is 9.84. The van der Waals surface area contributed by atoms with Gasteiger partial charge in [0.2, 0.25) is 0 Å². The highest BCUT2D eigenvalue weighted by Crippen LogP contribution is 2.31. The van der Waals surface area contributed by atoms with Gasteiger partial charge in [0, 0.05) is 18.6 Å². The normalized spacial score (nSPS) is 12.6. The van der Waals surface area contributed by atoms with Crippen molar-refractivity contribution < 1.29 is 14.9 Å². The zero-order valence-electron chi connectivity index (χ0n) is 9.45. The smallest absolute Gasteiger partial charge is 0.127 e. The van der Waals surface area contributed by atoms with Gasteiger partial charge in [-0.15, -0.1) is 0 Å². The van der Waals surface area contributed by atoms with Crippen molar-refractivity contribution >= 4 is 0 Å². The number of aliphatic hydroxyl groups excluding tert-OH is 2. The largest absolute Gasteiger partial charge is 0.496 e. The quantitative estimate of drug-likeness (QED) is 0.795. The molecule has 3 heteroatoms. The summed E-state index contributed by atoms with van der Waals surface area (Å²) in [6.07, 6.45) is -0.331. The highest BCUT2D eigenvalue weighted by atomic mass is 16.5. The molecule has 0 saturated heterocycles. The molecule has 1 rings (SSSR count). The second-order valence-electron chi connectivity index (χ2n) is 3.73. The molecule has 0 heterocycles. The zero-order valence-corrected chi connectivity index (χ0v) is 9.45. The second kappa shape index (κ2) is 5.14. The van der Waals surface area contributed by atoms with Gasteiger partial charge in [-0.2, -0.15) is 0 Å². The molecule has 0 aliphatic heterocycles. The molecule has 3 nitrogen and oxygen atoms in total. The Hall–Kier alpha value is -1.06. The minimum Gasteiger partial charge on any atom is -0.496 e. The third kappa shape index (κ3) is 2.70. The van der Waals surface area contributed by atoms with Crippen LogP contribution in [0.1, 0.15) is 29.2 Å². The van der Waals surface area contributed by atoms with Crippen LogP contribution < -0.4 is 4.74 Å². The van der Waals surface area contributed by atoms with Crippen molar-refractivity contribution in [3.8, 4) is 5.75 Å². The highest BCUT2D eigenvalue weighted by Gasteiger charge is 2.15. The van der Waals surface area contributed by atoms with Gasteiger partial charge in [-0.1, -0.05) is 11.6 Å². The van der Waals surface area contributed by atoms with Crippen LogP contribution in [0.5, 0.6) is 5.75 Å². The first kappa shape index (κ1) is 12.0. The fourth-order valence-electron chi connectivity index (χ4n) is 1.79. The fourth-order valence-corrected chi connectivity index (χ4v) is 1.79. The Morgan fingerprint density at radius 1 is 1.33 bits per heavy atom. The monoisotopic (exact) mass is 210 g/mol. The van der Waals surface area contributed by atoms with Gasteiger partial charge in [-0.05, 0) is 25.5 Å². The van der Waals surface area contributed by atoms with Gasteiger partial charge in [0.05, 0.1) is 13.2 Å². The lowest BCUT2D eigenvalue weighted by molar-refractivity contribution is 0.131. The zero-order chi connectivity index (χ0) is 11.4. The van der Waals surface area contributed by atoms with E-state index in [1.165, 1.54) is 0 Å². The van der Waals surface area contributed by atoms with Gasteiger partial charge in [0.15, 0.2) is 0 Å². The second-order valence-corrected chi connectivity index (χ2v) is 3.73. The summed E-state index contributed by atoms with van der Waals surface area (Å²) in [5.41, 5.74) is 2.84. The van der Waals surface area contributed by atoms with Crippen LogP contribution in [0, 0.1) is 13.8 Å². The Bertz CT molecular complexity index is 334. The minimum absolute atomic E-state index is 0.0304. The number of ether oxygens (including phenoxy) is 1. The number of aryl methyl sites for hydroxylation is 2. The van der Waals surface area contributed by atoms with E-state index in [1.807, 2.05) is 26.0 Å². The fraction of sp³-hybridized carbons (Fsp3) is 0.500. The highest BCUT2D eigenvalue weighted by molar-refractivity contribution is 5.44. The van der Waals surface area contributed by atoms with E-state index in [0.717, 1.165) is 16.7 Å². The van der Waals surface area contributed by atoms with Crippen LogP contribution >= 0.6 is 0 Å². The van der Waals surface area contributed by atoms with Crippen LogP contribution in [0.15, 0.2) is 12.1 Å². The first-order valence-electron chi connectivity index (χ1n) is 5.04. The van der Waals surface area contributed by atoms with Gasteiger partial charge in [-0.3, -0.25) is 0 Å². The van der Waals surface area contributed by atoms with E-state index >= 15 is 0 Å². The van der Waals surface area contributed by atoms with Crippen molar-refractivity contribution in [2.24, 2.45) is 0 Å². The number of rotatable bonds is 4. The molecule has 0 aliphatic rings. The van der Waals surface area contributed by atoms with E-state index in [2.05, 4.69) is 0 Å². The molecule has 84 valence electrons. The molecule has 1 atom stereocenters. The van der Waals surface area contributed by atoms with Crippen molar-refractivity contribution in [2.45, 2.75) is 26.4 Å². The van der Waals surface area contributed by atoms with E-state index in [-0.39, 0.29) is 6.61 Å². The molecule has 0 amide bonds. The summed E-state index contributed by atoms with van der Waals surface area (Å²) >= 11 is 0. The maximum Gasteiger partial charge on any atom is 0.127 e. The van der Waals surface area contributed by atoms with E-state index in [4.69, 9.17) is 9.84 Å². The number of hydrogen-bond acceptors (Lipinski definition) is 3. The Morgan fingerprint density at radius 3 is 2.53 bits per heavy atom. The number of benzene rings is 1. The van der Waals surface area contributed by atoms with E-state index < -0.39 is 6.10 Å². The van der Waals surface area contributed by atoms with Gasteiger partial charge in [0.1, 0.15) is 5.75 Å². The summed E-state index contributed by atoms with van der Waals surface area (Å²) in [5.74, 6) is 0.710. The van der Waals surface area contributed by atoms with Crippen molar-refractivity contribution in [3.05, 3.63) is 28.8 Å². The summed E-state index contributed by atoms with van der Waals surface area (Å²) in [4.78, 5) is 0. The van der Waals surface area contributed by atoms with Gasteiger partial charge in [-0.25, -0.2) is 0 Å². The summed E-state index contributed by atoms with van der Waals surface area (Å²) in [6.45, 7) is 3.89. The first-order chi connectivity index (χ1) is 7.10. The standard InChI is InChI=1S/C12H18O3/c1-8-6-9(2)12(15-3)10(7-8)11(14)4-5-13/h6-7,11,13-14H,4-5H2,1-3H3. The minimum atomic E-state index is -0.663. The van der Waals surface area contributed by atoms with E-state index in [9.17, 15) is 5.11 Å². The molecular weight excluding hydrogens is 192 g/mol. The van der Waals surface area contributed by atoms with Crippen LogP contribution in [0.25, 0.3) is 0 Å². The van der Waals surface area contributed by atoms with Gasteiger partial charge < -0.3 is 14.9 Å². The first-order valence-corrected chi connectivity index (χ1v) is 5.04. The van der Waals surface area contributed by atoms with Crippen molar-refractivity contribution in [3.63, 3.8) is 0 Å². The van der Waals surface area contributed by atoms with Crippen LogP contribution in [-0.4, -0.2) is 23.9 Å². The molecule has 1 unspecified atom stereocenters. The molecule has 0 spiro atoms. The molecule has 15 heavy (non-hydrogen) atoms. The SMILES string of the molecule is COc1c(C)cc(C)cc1C(O)CCO. The Labute approximate surface area is 90.3 Å². The molecule has 2 N–H and O–H groups in total. The average Bonchev–Trinajstić information content (AvgIpc) is 2.17. The van der Waals surface area contributed by atoms with Crippen molar-refractivity contribution in [2.75, 3.05) is 13.7 Å². The van der Waals surface area contributed by atoms with Crippen LogP contribution in [-0.2, 0) is 0 Å². The van der Waals surface area contributed by atoms with Crippen LogP contribution in [0.2, 0.25) is 0 Å². The molecule has 0 aliphatic carbocycles. The molecule has 0 saturated carbocycles. The average molecular weight is 210 g/mol. The summed E-state index contributed by atoms with van der Waals surface area (Å²) in [6, 6.07) is 3.90. The lowest BCUT2D eigenvalue weighted by atomic mass is 10.00. The van der Waals surface area contributed by atoms with Crippen molar-refractivity contribution in [1.29, 1.82) is 0 Å². The molecule has 1 aromatic carbocycles. The van der Waals surface area contributed by atoms with E-state index in [1.54, 1.807) is 7.11 Å². The predicted octanol–water partition coefficient (Wildman–Crippen LogP) is 1.73. The maximum atomic E-state index is 9.84. The number of aliphatic hydroxyl groups is 2. The summed E-state index contributed by atoms with van der Waals surface area (Å²) in [7, 11) is 1.59. The third-order valence-electron chi connectivity index (χ3n) is 2.41. The molecular formula is C12H18O3. The van der Waals surface area contributed by atoms with E-state index in [0.29, 0.717) is 12.2 Å². The van der Waals surface area contributed by atoms with Crippen LogP contribution in [0.4, 0.5) is 0 Å². The van der Waals surface area contributed by atoms with Gasteiger partial charge >= 0.3 is 0 Å². The number of methoxy groups -OCH3 is 1. The molecule has 0 fully saturated rings. The Balaban J connectivity index is 3.13. The lowest BCUT2D eigenvalue weighted by Gasteiger charge is -2.16. The topological polar surface area (TPSA) is 49.7 Å². The van der Waals surface area contributed by atoms with Gasteiger partial charge in [0.25, 0.3) is 0 Å². The summed E-state index contributed by atoms with van der Waals surface area (Å²) < 4.78 is 5.26. The Kier molecular flexibility index (Phi) is 4.12. The molecule has 0 bridgehead atoms.